The zero-order chi connectivity index (χ0) is 7.44. The summed E-state index contributed by atoms with van der Waals surface area (Å²) in [4.78, 5) is 21.0. The van der Waals surface area contributed by atoms with E-state index in [9.17, 15) is 9.59 Å². The molecule has 0 rings (SSSR count). The molecule has 0 radical (unpaired) electrons. The Balaban J connectivity index is 0. The molecule has 0 spiro atoms. The molecule has 0 aliphatic rings. The van der Waals surface area contributed by atoms with Crippen LogP contribution in [0.1, 0.15) is 13.8 Å². The van der Waals surface area contributed by atoms with Crippen molar-refractivity contribution in [1.29, 1.82) is 0 Å². The molecular weight excluding hydrogens is 185 g/mol. The molecule has 0 N–H and O–H groups in total. The topological polar surface area (TPSA) is 43.4 Å². The van der Waals surface area contributed by atoms with Crippen molar-refractivity contribution < 1.29 is 33.8 Å². The predicted octanol–water partition coefficient (Wildman–Crippen LogP) is 0.382. The molecule has 0 amide bonds. The molecule has 0 aromatic heterocycles. The van der Waals surface area contributed by atoms with Gasteiger partial charge in [0.05, 0.1) is 7.11 Å². The van der Waals surface area contributed by atoms with Gasteiger partial charge in [-0.25, -0.2) is 4.79 Å². The van der Waals surface area contributed by atoms with Crippen LogP contribution in [0.3, 0.4) is 0 Å². The zero-order valence-corrected chi connectivity index (χ0v) is 9.48. The summed E-state index contributed by atoms with van der Waals surface area (Å²) < 4.78 is 4.18. The van der Waals surface area contributed by atoms with Crippen molar-refractivity contribution >= 4 is 11.8 Å². The molecule has 0 unspecified atom stereocenters. The third-order valence-corrected chi connectivity index (χ3v) is 0.911. The van der Waals surface area contributed by atoms with Crippen LogP contribution in [-0.2, 0) is 33.8 Å². The molecule has 0 aromatic carbocycles. The van der Waals surface area contributed by atoms with Crippen molar-refractivity contribution in [2.45, 2.75) is 13.8 Å². The molecule has 0 aliphatic heterocycles. The van der Waals surface area contributed by atoms with Crippen molar-refractivity contribution in [3.63, 3.8) is 0 Å². The van der Waals surface area contributed by atoms with Gasteiger partial charge in [0.2, 0.25) is 5.78 Å². The molecule has 0 heterocycles. The molecule has 10 heavy (non-hydrogen) atoms. The average molecular weight is 196 g/mol. The second kappa shape index (κ2) is 5.54. The van der Waals surface area contributed by atoms with Crippen LogP contribution < -0.4 is 0 Å². The first kappa shape index (κ1) is 12.4. The molecule has 0 aliphatic carbocycles. The minimum absolute atomic E-state index is 0. The van der Waals surface area contributed by atoms with Gasteiger partial charge in [-0.1, -0.05) is 13.8 Å². The number of methoxy groups -OCH3 is 1. The maximum Gasteiger partial charge on any atom is 0.374 e. The monoisotopic (exact) mass is 194 g/mol. The van der Waals surface area contributed by atoms with Crippen LogP contribution in [0.25, 0.3) is 0 Å². The van der Waals surface area contributed by atoms with Crippen LogP contribution in [0.4, 0.5) is 0 Å². The van der Waals surface area contributed by atoms with E-state index in [0.717, 1.165) is 0 Å². The minimum Gasteiger partial charge on any atom is -0.463 e. The number of esters is 1. The number of ketones is 1. The standard InChI is InChI=1S/C6H10O3.Zn/c1-4(2)5(7)6(8)9-3;/h4H,1-3H3;. The van der Waals surface area contributed by atoms with E-state index in [1.165, 1.54) is 7.11 Å². The van der Waals surface area contributed by atoms with Gasteiger partial charge in [-0.3, -0.25) is 4.79 Å². The molecule has 0 atom stereocenters. The molecule has 0 fully saturated rings. The summed E-state index contributed by atoms with van der Waals surface area (Å²) in [5, 5.41) is 0. The van der Waals surface area contributed by atoms with Gasteiger partial charge in [0.1, 0.15) is 0 Å². The molecule has 0 bridgehead atoms. The number of ether oxygens (including phenoxy) is 1. The first-order valence-electron chi connectivity index (χ1n) is 2.71. The molecule has 0 aromatic rings. The van der Waals surface area contributed by atoms with Crippen molar-refractivity contribution in [1.82, 2.24) is 0 Å². The smallest absolute Gasteiger partial charge is 0.374 e. The largest absolute Gasteiger partial charge is 0.463 e. The van der Waals surface area contributed by atoms with Crippen LogP contribution in [0.5, 0.6) is 0 Å². The Morgan fingerprint density at radius 1 is 1.30 bits per heavy atom. The number of hydrogen-bond acceptors (Lipinski definition) is 3. The Labute approximate surface area is 72.9 Å². The number of hydrogen-bond donors (Lipinski definition) is 0. The van der Waals surface area contributed by atoms with Gasteiger partial charge in [-0.2, -0.15) is 0 Å². The van der Waals surface area contributed by atoms with E-state index in [-0.39, 0.29) is 25.4 Å². The quantitative estimate of drug-likeness (QED) is 0.364. The van der Waals surface area contributed by atoms with Gasteiger partial charge in [-0.05, 0) is 0 Å². The van der Waals surface area contributed by atoms with Crippen LogP contribution in [-0.4, -0.2) is 18.9 Å². The van der Waals surface area contributed by atoms with Crippen LogP contribution in [0.15, 0.2) is 0 Å². The zero-order valence-electron chi connectivity index (χ0n) is 6.51. The van der Waals surface area contributed by atoms with Crippen LogP contribution in [0, 0.1) is 5.92 Å². The summed E-state index contributed by atoms with van der Waals surface area (Å²) in [6.07, 6.45) is 0. The summed E-state index contributed by atoms with van der Waals surface area (Å²) in [5.74, 6) is -1.50. The fourth-order valence-corrected chi connectivity index (χ4v) is 0.336. The molecule has 3 nitrogen and oxygen atoms in total. The number of rotatable bonds is 2. The van der Waals surface area contributed by atoms with Crippen molar-refractivity contribution in [2.75, 3.05) is 7.11 Å². The first-order valence-corrected chi connectivity index (χ1v) is 2.71. The van der Waals surface area contributed by atoms with E-state index in [2.05, 4.69) is 4.74 Å². The molecular formula is C6H10O3Zn. The summed E-state index contributed by atoms with van der Waals surface area (Å²) >= 11 is 0. The Morgan fingerprint density at radius 2 is 1.70 bits per heavy atom. The summed E-state index contributed by atoms with van der Waals surface area (Å²) in [6, 6.07) is 0. The second-order valence-corrected chi connectivity index (χ2v) is 2.01. The molecule has 0 saturated heterocycles. The van der Waals surface area contributed by atoms with E-state index in [1.807, 2.05) is 0 Å². The maximum atomic E-state index is 10.6. The summed E-state index contributed by atoms with van der Waals surface area (Å²) in [7, 11) is 1.20. The van der Waals surface area contributed by atoms with E-state index in [1.54, 1.807) is 13.8 Å². The third kappa shape index (κ3) is 3.73. The Bertz CT molecular complexity index is 131. The van der Waals surface area contributed by atoms with Crippen molar-refractivity contribution in [2.24, 2.45) is 5.92 Å². The summed E-state index contributed by atoms with van der Waals surface area (Å²) in [6.45, 7) is 3.30. The van der Waals surface area contributed by atoms with Gasteiger partial charge in [-0.15, -0.1) is 0 Å². The fraction of sp³-hybridized carbons (Fsp3) is 0.667. The first-order chi connectivity index (χ1) is 4.09. The van der Waals surface area contributed by atoms with Gasteiger partial charge in [0.15, 0.2) is 0 Å². The minimum atomic E-state index is -0.759. The van der Waals surface area contributed by atoms with Crippen LogP contribution in [0.2, 0.25) is 0 Å². The van der Waals surface area contributed by atoms with Crippen molar-refractivity contribution in [3.05, 3.63) is 0 Å². The predicted molar refractivity (Wildman–Crippen MR) is 31.9 cm³/mol. The Kier molecular flexibility index (Phi) is 6.89. The SMILES string of the molecule is COC(=O)C(=O)C(C)C.[Zn]. The number of carbonyl (C=O) groups is 2. The van der Waals surface area contributed by atoms with Crippen LogP contribution >= 0.6 is 0 Å². The van der Waals surface area contributed by atoms with Gasteiger partial charge in [0, 0.05) is 25.4 Å². The fourth-order valence-electron chi connectivity index (χ4n) is 0.336. The van der Waals surface area contributed by atoms with Gasteiger partial charge < -0.3 is 4.74 Å². The van der Waals surface area contributed by atoms with E-state index in [0.29, 0.717) is 0 Å². The Hall–Kier alpha value is -0.237. The van der Waals surface area contributed by atoms with E-state index in [4.69, 9.17) is 0 Å². The number of carbonyl (C=O) groups excluding carboxylic acids is 2. The Morgan fingerprint density at radius 3 is 1.80 bits per heavy atom. The molecule has 4 heteroatoms. The van der Waals surface area contributed by atoms with Gasteiger partial charge in [0.25, 0.3) is 0 Å². The van der Waals surface area contributed by atoms with Crippen molar-refractivity contribution in [3.8, 4) is 0 Å². The summed E-state index contributed by atoms with van der Waals surface area (Å²) in [5.41, 5.74) is 0. The molecule has 54 valence electrons. The van der Waals surface area contributed by atoms with Gasteiger partial charge >= 0.3 is 5.97 Å². The maximum absolute atomic E-state index is 10.6. The molecule has 0 saturated carbocycles. The van der Waals surface area contributed by atoms with E-state index >= 15 is 0 Å². The third-order valence-electron chi connectivity index (χ3n) is 0.911. The average Bonchev–Trinajstić information content (AvgIpc) is 1.84. The normalized spacial score (nSPS) is 8.40. The number of Topliss-reactive ketones (excluding diaryl/α,β-unsaturated/α-hetero) is 1. The second-order valence-electron chi connectivity index (χ2n) is 2.01. The van der Waals surface area contributed by atoms with E-state index < -0.39 is 11.8 Å².